The molecule has 0 aromatic rings. The zero-order valence-electron chi connectivity index (χ0n) is 8.80. The Morgan fingerprint density at radius 2 is 2.23 bits per heavy atom. The zero-order valence-corrected chi connectivity index (χ0v) is 9.62. The molecule has 0 heterocycles. The van der Waals surface area contributed by atoms with Gasteiger partial charge >= 0.3 is 0 Å². The zero-order chi connectivity index (χ0) is 10.2. The Labute approximate surface area is 85.2 Å². The Kier molecular flexibility index (Phi) is 7.75. The number of rotatable bonds is 8. The van der Waals surface area contributed by atoms with E-state index in [1.807, 2.05) is 25.7 Å². The summed E-state index contributed by atoms with van der Waals surface area (Å²) in [6.45, 7) is 3.03. The number of hydrogen-bond acceptors (Lipinski definition) is 4. The lowest BCUT2D eigenvalue weighted by Gasteiger charge is -2.26. The Hall–Kier alpha value is 0.230. The molecule has 2 N–H and O–H groups in total. The molecule has 0 amide bonds. The van der Waals surface area contributed by atoms with Gasteiger partial charge in [-0.25, -0.2) is 0 Å². The number of methoxy groups -OCH3 is 1. The van der Waals surface area contributed by atoms with E-state index in [0.29, 0.717) is 0 Å². The topological polar surface area (TPSA) is 41.5 Å². The van der Waals surface area contributed by atoms with E-state index in [2.05, 4.69) is 5.32 Å². The number of ether oxygens (including phenoxy) is 1. The Morgan fingerprint density at radius 1 is 1.54 bits per heavy atom. The van der Waals surface area contributed by atoms with E-state index in [1.165, 1.54) is 0 Å². The normalized spacial score (nSPS) is 15.7. The molecule has 80 valence electrons. The van der Waals surface area contributed by atoms with Crippen LogP contribution < -0.4 is 5.32 Å². The molecule has 0 radical (unpaired) electrons. The maximum atomic E-state index is 9.09. The van der Waals surface area contributed by atoms with Gasteiger partial charge in [0.25, 0.3) is 0 Å². The number of hydrogen-bond donors (Lipinski definition) is 2. The number of aliphatic hydroxyl groups is 1. The Bertz CT molecular complexity index is 118. The van der Waals surface area contributed by atoms with Gasteiger partial charge in [-0.05, 0) is 26.1 Å². The highest BCUT2D eigenvalue weighted by Crippen LogP contribution is 2.12. The molecular weight excluding hydrogens is 186 g/mol. The van der Waals surface area contributed by atoms with Crippen LogP contribution in [0.2, 0.25) is 0 Å². The fourth-order valence-electron chi connectivity index (χ4n) is 0.800. The molecule has 0 aliphatic rings. The molecule has 0 bridgehead atoms. The Morgan fingerprint density at radius 3 is 2.69 bits per heavy atom. The van der Waals surface area contributed by atoms with Crippen molar-refractivity contribution in [2.24, 2.45) is 0 Å². The number of likely N-dealkylation sites (N-methyl/N-ethyl adjacent to an activating group) is 1. The number of thioether (sulfide) groups is 1. The minimum absolute atomic E-state index is 0.141. The average molecular weight is 207 g/mol. The van der Waals surface area contributed by atoms with E-state index in [9.17, 15) is 0 Å². The van der Waals surface area contributed by atoms with Gasteiger partial charge in [-0.2, -0.15) is 11.8 Å². The molecule has 3 nitrogen and oxygen atoms in total. The van der Waals surface area contributed by atoms with Crippen LogP contribution >= 0.6 is 11.8 Å². The third-order valence-electron chi connectivity index (χ3n) is 2.01. The van der Waals surface area contributed by atoms with Crippen LogP contribution in [0.3, 0.4) is 0 Å². The van der Waals surface area contributed by atoms with Crippen molar-refractivity contribution < 1.29 is 9.84 Å². The molecule has 13 heavy (non-hydrogen) atoms. The first-order chi connectivity index (χ1) is 6.18. The quantitative estimate of drug-likeness (QED) is 0.576. The van der Waals surface area contributed by atoms with Crippen molar-refractivity contribution in [2.45, 2.75) is 18.9 Å². The fourth-order valence-corrected chi connectivity index (χ4v) is 1.95. The predicted octanol–water partition coefficient (Wildman–Crippen LogP) is 0.726. The third-order valence-corrected chi connectivity index (χ3v) is 3.43. The second kappa shape index (κ2) is 7.62. The van der Waals surface area contributed by atoms with Crippen molar-refractivity contribution in [2.75, 3.05) is 38.9 Å². The summed E-state index contributed by atoms with van der Waals surface area (Å²) in [5.74, 6) is 2.02. The first kappa shape index (κ1) is 13.2. The second-order valence-electron chi connectivity index (χ2n) is 3.37. The van der Waals surface area contributed by atoms with E-state index in [-0.39, 0.29) is 12.1 Å². The molecule has 1 atom stereocenters. The molecule has 0 aromatic heterocycles. The largest absolute Gasteiger partial charge is 0.394 e. The summed E-state index contributed by atoms with van der Waals surface area (Å²) in [6, 6.07) is 0. The monoisotopic (exact) mass is 207 g/mol. The van der Waals surface area contributed by atoms with Crippen molar-refractivity contribution >= 4 is 11.8 Å². The first-order valence-electron chi connectivity index (χ1n) is 4.55. The minimum Gasteiger partial charge on any atom is -0.394 e. The number of nitrogens with one attached hydrogen (secondary N) is 1. The third kappa shape index (κ3) is 6.32. The predicted molar refractivity (Wildman–Crippen MR) is 58.4 cm³/mol. The summed E-state index contributed by atoms with van der Waals surface area (Å²) in [5, 5.41) is 12.2. The maximum absolute atomic E-state index is 9.09. The Balaban J connectivity index is 3.39. The molecule has 0 spiro atoms. The van der Waals surface area contributed by atoms with E-state index in [0.717, 1.165) is 24.5 Å². The molecule has 0 saturated carbocycles. The van der Waals surface area contributed by atoms with Gasteiger partial charge in [0.15, 0.2) is 0 Å². The first-order valence-corrected chi connectivity index (χ1v) is 5.70. The van der Waals surface area contributed by atoms with E-state index < -0.39 is 0 Å². The van der Waals surface area contributed by atoms with Gasteiger partial charge in [0.05, 0.1) is 6.61 Å². The highest BCUT2D eigenvalue weighted by Gasteiger charge is 2.19. The van der Waals surface area contributed by atoms with Crippen LogP contribution in [0.5, 0.6) is 0 Å². The summed E-state index contributed by atoms with van der Waals surface area (Å²) in [7, 11) is 3.60. The second-order valence-corrected chi connectivity index (χ2v) is 4.47. The summed E-state index contributed by atoms with van der Waals surface area (Å²) in [6.07, 6.45) is 1.08. The smallest absolute Gasteiger partial charge is 0.0618 e. The molecule has 0 rings (SSSR count). The lowest BCUT2D eigenvalue weighted by molar-refractivity contribution is 0.198. The molecule has 1 unspecified atom stereocenters. The molecule has 0 fully saturated rings. The minimum atomic E-state index is -0.141. The van der Waals surface area contributed by atoms with Crippen molar-refractivity contribution in [3.8, 4) is 0 Å². The summed E-state index contributed by atoms with van der Waals surface area (Å²) < 4.78 is 4.95. The molecule has 0 saturated heterocycles. The van der Waals surface area contributed by atoms with Crippen LogP contribution in [0, 0.1) is 0 Å². The van der Waals surface area contributed by atoms with Crippen molar-refractivity contribution in [1.82, 2.24) is 5.32 Å². The standard InChI is InChI=1S/C9H21NO2S/c1-9(7-11,10-2)8-13-6-4-5-12-3/h10-11H,4-8H2,1-3H3. The van der Waals surface area contributed by atoms with Crippen LogP contribution in [0.1, 0.15) is 13.3 Å². The van der Waals surface area contributed by atoms with E-state index >= 15 is 0 Å². The van der Waals surface area contributed by atoms with Crippen LogP contribution in [-0.2, 0) is 4.74 Å². The number of aliphatic hydroxyl groups excluding tert-OH is 1. The lowest BCUT2D eigenvalue weighted by Crippen LogP contribution is -2.45. The van der Waals surface area contributed by atoms with Crippen LogP contribution in [0.15, 0.2) is 0 Å². The van der Waals surface area contributed by atoms with E-state index in [1.54, 1.807) is 7.11 Å². The van der Waals surface area contributed by atoms with Crippen LogP contribution in [0.25, 0.3) is 0 Å². The molecule has 0 aliphatic heterocycles. The lowest BCUT2D eigenvalue weighted by atomic mass is 10.1. The van der Waals surface area contributed by atoms with Crippen molar-refractivity contribution in [3.63, 3.8) is 0 Å². The van der Waals surface area contributed by atoms with Crippen molar-refractivity contribution in [1.29, 1.82) is 0 Å². The summed E-state index contributed by atoms with van der Waals surface area (Å²) in [4.78, 5) is 0. The molecule has 4 heteroatoms. The van der Waals surface area contributed by atoms with Gasteiger partial charge in [0, 0.05) is 25.0 Å². The van der Waals surface area contributed by atoms with Gasteiger partial charge in [-0.3, -0.25) is 0 Å². The fraction of sp³-hybridized carbons (Fsp3) is 1.00. The van der Waals surface area contributed by atoms with Crippen LogP contribution in [0.4, 0.5) is 0 Å². The highest BCUT2D eigenvalue weighted by molar-refractivity contribution is 7.99. The van der Waals surface area contributed by atoms with Gasteiger partial charge < -0.3 is 15.2 Å². The molecule has 0 aromatic carbocycles. The SMILES string of the molecule is CNC(C)(CO)CSCCCOC. The van der Waals surface area contributed by atoms with Gasteiger partial charge in [-0.15, -0.1) is 0 Å². The average Bonchev–Trinajstić information content (AvgIpc) is 2.17. The van der Waals surface area contributed by atoms with Gasteiger partial charge in [0.1, 0.15) is 0 Å². The van der Waals surface area contributed by atoms with E-state index in [4.69, 9.17) is 9.84 Å². The summed E-state index contributed by atoms with van der Waals surface area (Å²) in [5.41, 5.74) is -0.141. The molecular formula is C9H21NO2S. The van der Waals surface area contributed by atoms with Gasteiger partial charge in [0.2, 0.25) is 0 Å². The maximum Gasteiger partial charge on any atom is 0.0618 e. The summed E-state index contributed by atoms with van der Waals surface area (Å²) >= 11 is 1.85. The highest BCUT2D eigenvalue weighted by atomic mass is 32.2. The van der Waals surface area contributed by atoms with Crippen molar-refractivity contribution in [3.05, 3.63) is 0 Å². The molecule has 0 aliphatic carbocycles. The van der Waals surface area contributed by atoms with Gasteiger partial charge in [-0.1, -0.05) is 0 Å². The van der Waals surface area contributed by atoms with Crippen LogP contribution in [-0.4, -0.2) is 49.5 Å².